The number of aromatic amines is 1. The molecular weight excluding hydrogens is 256 g/mol. The van der Waals surface area contributed by atoms with E-state index in [9.17, 15) is 0 Å². The Hall–Kier alpha value is -2.41. The molecule has 20 heavy (non-hydrogen) atoms. The van der Waals surface area contributed by atoms with Crippen molar-refractivity contribution in [3.63, 3.8) is 0 Å². The molecule has 0 aliphatic carbocycles. The number of rotatable bonds is 3. The summed E-state index contributed by atoms with van der Waals surface area (Å²) in [6, 6.07) is 3.88. The second-order valence-electron chi connectivity index (χ2n) is 4.77. The molecule has 4 rings (SSSR count). The molecule has 0 amide bonds. The van der Waals surface area contributed by atoms with E-state index in [1.54, 1.807) is 16.9 Å². The number of ether oxygens (including phenoxy) is 1. The van der Waals surface area contributed by atoms with Crippen LogP contribution < -0.4 is 5.32 Å². The molecule has 0 aromatic carbocycles. The average Bonchev–Trinajstić information content (AvgIpc) is 3.20. The summed E-state index contributed by atoms with van der Waals surface area (Å²) in [5.41, 5.74) is 1.92. The Labute approximate surface area is 115 Å². The predicted octanol–water partition coefficient (Wildman–Crippen LogP) is 2.05. The Bertz CT molecular complexity index is 727. The highest BCUT2D eigenvalue weighted by molar-refractivity contribution is 5.71. The van der Waals surface area contributed by atoms with E-state index in [1.165, 1.54) is 0 Å². The van der Waals surface area contributed by atoms with Gasteiger partial charge in [0.25, 0.3) is 0 Å². The first-order valence-electron chi connectivity index (χ1n) is 6.62. The fraction of sp³-hybridized carbons (Fsp3) is 0.308. The topological polar surface area (TPSA) is 80.1 Å². The quantitative estimate of drug-likeness (QED) is 0.761. The second kappa shape index (κ2) is 4.61. The van der Waals surface area contributed by atoms with Crippen molar-refractivity contribution < 1.29 is 4.74 Å². The highest BCUT2D eigenvalue weighted by Gasteiger charge is 2.20. The van der Waals surface area contributed by atoms with Crippen LogP contribution in [0.15, 0.2) is 30.7 Å². The number of hydrogen-bond acceptors (Lipinski definition) is 5. The van der Waals surface area contributed by atoms with Gasteiger partial charge in [0, 0.05) is 25.1 Å². The molecule has 7 nitrogen and oxygen atoms in total. The summed E-state index contributed by atoms with van der Waals surface area (Å²) in [6.07, 6.45) is 7.53. The average molecular weight is 270 g/mol. The normalized spacial score (nSPS) is 18.7. The molecule has 0 spiro atoms. The summed E-state index contributed by atoms with van der Waals surface area (Å²) < 4.78 is 7.40. The van der Waals surface area contributed by atoms with Crippen molar-refractivity contribution in [2.75, 3.05) is 11.9 Å². The molecule has 1 fully saturated rings. The molecule has 0 unspecified atom stereocenters. The van der Waals surface area contributed by atoms with Crippen LogP contribution in [0.25, 0.3) is 5.52 Å². The monoisotopic (exact) mass is 270 g/mol. The molecule has 1 aliphatic heterocycles. The lowest BCUT2D eigenvalue weighted by molar-refractivity contribution is 0.108. The lowest BCUT2D eigenvalue weighted by Gasteiger charge is -2.05. The minimum Gasteiger partial charge on any atom is -0.372 e. The molecule has 7 heteroatoms. The molecule has 2 N–H and O–H groups in total. The first kappa shape index (κ1) is 11.4. The Morgan fingerprint density at radius 1 is 1.40 bits per heavy atom. The zero-order valence-corrected chi connectivity index (χ0v) is 10.8. The molecule has 1 saturated heterocycles. The first-order valence-corrected chi connectivity index (χ1v) is 6.62. The summed E-state index contributed by atoms with van der Waals surface area (Å²) in [6.45, 7) is 0.823. The number of nitrogens with one attached hydrogen (secondary N) is 2. The van der Waals surface area contributed by atoms with Gasteiger partial charge in [-0.3, -0.25) is 5.10 Å². The van der Waals surface area contributed by atoms with Crippen molar-refractivity contribution in [2.24, 2.45) is 0 Å². The molecule has 1 aliphatic rings. The molecule has 0 saturated carbocycles. The minimum absolute atomic E-state index is 0.136. The standard InChI is InChI=1S/C13H14N6O/c1-2-11(20-7-1)9-8-12(18-17-9)16-13-10-3-4-15-19(10)6-5-14-13/h3-6,8,11H,1-2,7H2,(H2,14,16,17,18)/t11-/m1/s1. The molecule has 3 aromatic heterocycles. The lowest BCUT2D eigenvalue weighted by Crippen LogP contribution is -1.97. The van der Waals surface area contributed by atoms with Gasteiger partial charge in [-0.05, 0) is 18.9 Å². The maximum absolute atomic E-state index is 5.63. The smallest absolute Gasteiger partial charge is 0.157 e. The van der Waals surface area contributed by atoms with E-state index in [-0.39, 0.29) is 6.10 Å². The van der Waals surface area contributed by atoms with Crippen molar-refractivity contribution >= 4 is 17.2 Å². The summed E-state index contributed by atoms with van der Waals surface area (Å²) in [7, 11) is 0. The van der Waals surface area contributed by atoms with Crippen LogP contribution in [0.5, 0.6) is 0 Å². The van der Waals surface area contributed by atoms with Gasteiger partial charge >= 0.3 is 0 Å². The van der Waals surface area contributed by atoms with E-state index in [1.807, 2.05) is 18.3 Å². The van der Waals surface area contributed by atoms with Crippen molar-refractivity contribution in [1.82, 2.24) is 24.8 Å². The number of anilines is 2. The van der Waals surface area contributed by atoms with Gasteiger partial charge in [0.05, 0.1) is 18.0 Å². The van der Waals surface area contributed by atoms with Crippen LogP contribution >= 0.6 is 0 Å². The van der Waals surface area contributed by atoms with E-state index in [0.717, 1.165) is 42.3 Å². The maximum atomic E-state index is 5.63. The van der Waals surface area contributed by atoms with E-state index in [0.29, 0.717) is 0 Å². The van der Waals surface area contributed by atoms with E-state index >= 15 is 0 Å². The van der Waals surface area contributed by atoms with Crippen LogP contribution in [-0.2, 0) is 4.74 Å². The van der Waals surface area contributed by atoms with Crippen molar-refractivity contribution in [1.29, 1.82) is 0 Å². The highest BCUT2D eigenvalue weighted by Crippen LogP contribution is 2.29. The van der Waals surface area contributed by atoms with Crippen LogP contribution in [0.3, 0.4) is 0 Å². The third kappa shape index (κ3) is 1.92. The summed E-state index contributed by atoms with van der Waals surface area (Å²) in [5.74, 6) is 1.47. The molecular formula is C13H14N6O. The van der Waals surface area contributed by atoms with Crippen LogP contribution in [0.4, 0.5) is 11.6 Å². The second-order valence-corrected chi connectivity index (χ2v) is 4.77. The number of nitrogens with zero attached hydrogens (tertiary/aromatic N) is 4. The third-order valence-corrected chi connectivity index (χ3v) is 3.45. The Balaban J connectivity index is 1.61. The highest BCUT2D eigenvalue weighted by atomic mass is 16.5. The molecule has 102 valence electrons. The van der Waals surface area contributed by atoms with Gasteiger partial charge in [0.2, 0.25) is 0 Å². The molecule has 4 heterocycles. The Morgan fingerprint density at radius 2 is 2.40 bits per heavy atom. The fourth-order valence-electron chi connectivity index (χ4n) is 2.46. The van der Waals surface area contributed by atoms with E-state index < -0.39 is 0 Å². The number of hydrogen-bond donors (Lipinski definition) is 2. The summed E-state index contributed by atoms with van der Waals surface area (Å²) >= 11 is 0. The number of aromatic nitrogens is 5. The van der Waals surface area contributed by atoms with Crippen LogP contribution in [0.1, 0.15) is 24.6 Å². The lowest BCUT2D eigenvalue weighted by atomic mass is 10.2. The zero-order valence-electron chi connectivity index (χ0n) is 10.8. The maximum Gasteiger partial charge on any atom is 0.157 e. The Kier molecular flexibility index (Phi) is 2.63. The van der Waals surface area contributed by atoms with Crippen LogP contribution in [0.2, 0.25) is 0 Å². The largest absolute Gasteiger partial charge is 0.372 e. The zero-order chi connectivity index (χ0) is 13.4. The van der Waals surface area contributed by atoms with Gasteiger partial charge in [-0.2, -0.15) is 10.2 Å². The van der Waals surface area contributed by atoms with E-state index in [4.69, 9.17) is 4.74 Å². The van der Waals surface area contributed by atoms with Crippen molar-refractivity contribution in [3.05, 3.63) is 36.4 Å². The number of fused-ring (bicyclic) bond motifs is 1. The molecule has 3 aromatic rings. The third-order valence-electron chi connectivity index (χ3n) is 3.45. The summed E-state index contributed by atoms with van der Waals surface area (Å²) in [4.78, 5) is 4.32. The SMILES string of the molecule is c1cn2nccc2c(Nc2cc([C@H]3CCCO3)[nH]n2)n1. The molecule has 0 radical (unpaired) electrons. The van der Waals surface area contributed by atoms with Gasteiger partial charge in [-0.1, -0.05) is 0 Å². The van der Waals surface area contributed by atoms with Gasteiger partial charge in [-0.15, -0.1) is 0 Å². The van der Waals surface area contributed by atoms with Gasteiger partial charge in [-0.25, -0.2) is 9.50 Å². The summed E-state index contributed by atoms with van der Waals surface area (Å²) in [5, 5.41) is 14.7. The van der Waals surface area contributed by atoms with Crippen LogP contribution in [0, 0.1) is 0 Å². The molecule has 0 bridgehead atoms. The predicted molar refractivity (Wildman–Crippen MR) is 72.8 cm³/mol. The Morgan fingerprint density at radius 3 is 3.30 bits per heavy atom. The van der Waals surface area contributed by atoms with Gasteiger partial charge in [0.1, 0.15) is 5.52 Å². The van der Waals surface area contributed by atoms with Crippen molar-refractivity contribution in [3.8, 4) is 0 Å². The van der Waals surface area contributed by atoms with Gasteiger partial charge < -0.3 is 10.1 Å². The minimum atomic E-state index is 0.136. The first-order chi connectivity index (χ1) is 9.90. The van der Waals surface area contributed by atoms with Crippen LogP contribution in [-0.4, -0.2) is 31.4 Å². The van der Waals surface area contributed by atoms with Crippen molar-refractivity contribution in [2.45, 2.75) is 18.9 Å². The molecule has 1 atom stereocenters. The van der Waals surface area contributed by atoms with E-state index in [2.05, 4.69) is 25.6 Å². The van der Waals surface area contributed by atoms with Gasteiger partial charge in [0.15, 0.2) is 11.6 Å². The fourth-order valence-corrected chi connectivity index (χ4v) is 2.46. The number of H-pyrrole nitrogens is 1.